The molecule has 528 valence electrons. The Bertz CT molecular complexity index is 3300. The number of aliphatic imine (C=N–C) groups is 4. The Morgan fingerprint density at radius 2 is 0.640 bits per heavy atom. The van der Waals surface area contributed by atoms with Gasteiger partial charge >= 0.3 is 118 Å². The molecule has 0 amide bonds. The summed E-state index contributed by atoms with van der Waals surface area (Å²) in [5, 5.41) is 97.2. The number of carboxylic acids is 5. The minimum atomic E-state index is -1.31. The predicted molar refractivity (Wildman–Crippen MR) is 365 cm³/mol. The van der Waals surface area contributed by atoms with E-state index < -0.39 is 58.6 Å². The monoisotopic (exact) mass is 1500 g/mol. The number of hydrogen-bond donors (Lipinski definition) is 4. The second-order valence-electron chi connectivity index (χ2n) is 23.0. The average molecular weight is 1500 g/mol. The maximum atomic E-state index is 11.1. The fourth-order valence-corrected chi connectivity index (χ4v) is 13.5. The molecule has 0 radical (unpaired) electrons. The van der Waals surface area contributed by atoms with Crippen molar-refractivity contribution < 1.29 is 217 Å². The summed E-state index contributed by atoms with van der Waals surface area (Å²) in [7, 11) is 0. The number of carboxylic acid groups (broad SMARTS) is 5. The summed E-state index contributed by atoms with van der Waals surface area (Å²) in [4.78, 5) is 71.3. The van der Waals surface area contributed by atoms with E-state index in [0.29, 0.717) is 110 Å². The fraction of sp³-hybridized carbons (Fsp3) is 0.515. The molecule has 8 rings (SSSR count). The van der Waals surface area contributed by atoms with Gasteiger partial charge in [-0.1, -0.05) is 79.6 Å². The van der Waals surface area contributed by atoms with Gasteiger partial charge in [-0.3, -0.25) is 20.0 Å². The first-order chi connectivity index (χ1) is 45.2. The van der Waals surface area contributed by atoms with Gasteiger partial charge < -0.3 is 98.4 Å². The van der Waals surface area contributed by atoms with E-state index in [0.717, 1.165) is 32.1 Å². The summed E-state index contributed by atoms with van der Waals surface area (Å²) in [6, 6.07) is 19.5. The Morgan fingerprint density at radius 1 is 0.380 bits per heavy atom. The van der Waals surface area contributed by atoms with Crippen molar-refractivity contribution in [3.8, 4) is 46.0 Å². The van der Waals surface area contributed by atoms with Crippen molar-refractivity contribution in [1.82, 2.24) is 0 Å². The second-order valence-corrected chi connectivity index (χ2v) is 26.9. The van der Waals surface area contributed by atoms with Crippen LogP contribution in [0.3, 0.4) is 0 Å². The Morgan fingerprint density at radius 3 is 0.870 bits per heavy atom. The zero-order valence-electron chi connectivity index (χ0n) is 58.4. The maximum Gasteiger partial charge on any atom is 1.00 e. The van der Waals surface area contributed by atoms with Crippen molar-refractivity contribution in [2.75, 3.05) is 75.9 Å². The van der Waals surface area contributed by atoms with Gasteiger partial charge in [0.15, 0.2) is 0 Å². The molecule has 0 saturated heterocycles. The summed E-state index contributed by atoms with van der Waals surface area (Å²) in [6.45, 7) is 14.9. The fourth-order valence-electron chi connectivity index (χ4n) is 8.72. The molecule has 0 fully saturated rings. The van der Waals surface area contributed by atoms with E-state index in [9.17, 15) is 69.9 Å². The van der Waals surface area contributed by atoms with Crippen molar-refractivity contribution in [1.29, 1.82) is 0 Å². The zero-order chi connectivity index (χ0) is 69.8. The molecule has 24 nitrogen and oxygen atoms in total. The van der Waals surface area contributed by atoms with Crippen LogP contribution in [-0.4, -0.2) is 168 Å². The van der Waals surface area contributed by atoms with Gasteiger partial charge in [-0.05, 0) is 95.5 Å². The number of aromatic hydroxyl groups is 4. The average Bonchev–Trinajstić information content (AvgIpc) is 1.68. The number of unbranched alkanes of at least 4 members (excludes halogenated alkanes) is 8. The molecule has 0 spiro atoms. The topological polar surface area (TPSA) is 386 Å². The van der Waals surface area contributed by atoms with Crippen LogP contribution in [0.4, 0.5) is 0 Å². The Balaban J connectivity index is 0.00000129. The number of aliphatic carboxylic acids is 5. The van der Waals surface area contributed by atoms with Crippen LogP contribution in [0.25, 0.3) is 0 Å². The van der Waals surface area contributed by atoms with Crippen LogP contribution < -0.4 is 163 Å². The molecule has 0 bridgehead atoms. The molecule has 32 heteroatoms. The van der Waals surface area contributed by atoms with E-state index in [-0.39, 0.29) is 173 Å². The summed E-state index contributed by atoms with van der Waals surface area (Å²) in [6.07, 6.45) is 12.6. The third kappa shape index (κ3) is 31.0. The van der Waals surface area contributed by atoms with E-state index >= 15 is 0 Å². The van der Waals surface area contributed by atoms with Gasteiger partial charge in [0.1, 0.15) is 102 Å². The number of carbonyl (C=O) groups excluding carboxylic acids is 5. The minimum Gasteiger partial charge on any atom is -0.548 e. The minimum absolute atomic E-state index is 0. The van der Waals surface area contributed by atoms with Crippen LogP contribution >= 0.6 is 47.0 Å². The molecule has 100 heavy (non-hydrogen) atoms. The molecule has 4 aromatic carbocycles. The largest absolute Gasteiger partial charge is 1.00 e. The maximum absolute atomic E-state index is 11.1. The third-order valence-corrected chi connectivity index (χ3v) is 19.7. The number of benzene rings is 4. The molecule has 4 aliphatic rings. The smallest absolute Gasteiger partial charge is 0.548 e. The van der Waals surface area contributed by atoms with E-state index in [1.165, 1.54) is 125 Å². The van der Waals surface area contributed by atoms with E-state index in [4.69, 9.17) is 28.4 Å². The van der Waals surface area contributed by atoms with E-state index in [1.807, 2.05) is 6.92 Å². The molecule has 4 heterocycles. The normalized spacial score (nSPS) is 19.0. The summed E-state index contributed by atoms with van der Waals surface area (Å²) >= 11 is 5.13. The van der Waals surface area contributed by atoms with Gasteiger partial charge in [-0.15, -0.1) is 47.0 Å². The predicted octanol–water partition coefficient (Wildman–Crippen LogP) is -6.12. The SMILES string of the molecule is C.CCCCCCCOc1ccc(C2=N[C@@](C)(C(=O)[O-])CS2)c(O)c1.CCCCCCCOc1ccc(C2=N[C@@](C)(C(=O)[O-])CS2)c(O)c1.CCCOCCOc1ccc(C2=N[C@@](C)(C(=O)[O-])CS2)c(O)c1.C[C@]1(C(=O)[O-])CSC(c2ccc(OCCOCC(=O)[O-])cc2O)=N1.[Na+].[Na+].[Na+].[Na+]. The summed E-state index contributed by atoms with van der Waals surface area (Å²) in [5.74, 6) is -2.95. The molecule has 0 saturated carbocycles. The van der Waals surface area contributed by atoms with E-state index in [2.05, 4.69) is 33.8 Å². The van der Waals surface area contributed by atoms with Crippen LogP contribution in [0.5, 0.6) is 46.0 Å². The standard InChI is InChI=1S/2C18H25NO4S.C16H21NO5S.C15H17NO7S.CH4.4Na/c2*1-3-4-5-6-7-10-23-13-8-9-14(15(20)11-13)16-19-18(2,12-24-16)17(21)22;1-3-6-21-7-8-22-11-4-5-12(13(18)9-11)14-17-16(2,10-23-14)15(19)20;1-15(14(20)21)8-24-13(16-15)10-3-2-9(6-11(10)17)23-5-4-22-7-12(18)19;;;;;/h2*8-9,11,20H,3-7,10,12H2,1-2H3,(H,21,22);4-5,9,18H,3,6-8,10H2,1-2H3,(H,19,20);2-3,6,17H,4-5,7-8H2,1H3,(H,18,19)(H,20,21);1H4;;;;/q;;;;;4*+1/p-5/t2*18-;16-;15-;;;;;/m1111...../s1. The van der Waals surface area contributed by atoms with Gasteiger partial charge in [0, 0.05) is 76.1 Å². The number of ether oxygens (including phenoxy) is 6. The van der Waals surface area contributed by atoms with Crippen LogP contribution in [-0.2, 0) is 33.4 Å². The number of thioether (sulfide) groups is 4. The first-order valence-corrected chi connectivity index (χ1v) is 35.1. The zero-order valence-corrected chi connectivity index (χ0v) is 69.7. The first-order valence-electron chi connectivity index (χ1n) is 31.2. The van der Waals surface area contributed by atoms with E-state index in [1.54, 1.807) is 60.7 Å². The quantitative estimate of drug-likeness (QED) is 0.0250. The Labute approximate surface area is 691 Å². The van der Waals surface area contributed by atoms with Crippen LogP contribution in [0.15, 0.2) is 92.8 Å². The van der Waals surface area contributed by atoms with Gasteiger partial charge in [0.05, 0.1) is 62.9 Å². The van der Waals surface area contributed by atoms with Gasteiger partial charge in [0.25, 0.3) is 0 Å². The molecular weight excluding hydrogens is 1410 g/mol. The van der Waals surface area contributed by atoms with Gasteiger partial charge in [0.2, 0.25) is 0 Å². The molecule has 4 N–H and O–H groups in total. The number of phenolic OH excluding ortho intramolecular Hbond substituents is 4. The number of hydrogen-bond acceptors (Lipinski definition) is 28. The molecular formula is C68H87N4Na4O20S4-. The van der Waals surface area contributed by atoms with Gasteiger partial charge in [-0.2, -0.15) is 0 Å². The van der Waals surface area contributed by atoms with Crippen LogP contribution in [0.1, 0.15) is 149 Å². The molecule has 4 aliphatic heterocycles. The summed E-state index contributed by atoms with van der Waals surface area (Å²) in [5.41, 5.74) is -3.07. The number of phenols is 4. The third-order valence-electron chi connectivity index (χ3n) is 14.5. The number of nitrogens with zero attached hydrogens (tertiary/aromatic N) is 4. The van der Waals surface area contributed by atoms with Crippen LogP contribution in [0.2, 0.25) is 0 Å². The Kier molecular flexibility index (Phi) is 47.0. The molecule has 0 unspecified atom stereocenters. The van der Waals surface area contributed by atoms with Crippen molar-refractivity contribution in [2.24, 2.45) is 20.0 Å². The van der Waals surface area contributed by atoms with Crippen molar-refractivity contribution >= 4 is 97.1 Å². The number of carbonyl (C=O) groups is 5. The van der Waals surface area contributed by atoms with Crippen LogP contribution in [0, 0.1) is 0 Å². The Hall–Kier alpha value is -3.37. The molecule has 4 aromatic rings. The molecule has 0 aromatic heterocycles. The number of rotatable bonds is 34. The van der Waals surface area contributed by atoms with Crippen molar-refractivity contribution in [2.45, 2.75) is 149 Å². The molecule has 4 atom stereocenters. The van der Waals surface area contributed by atoms with Crippen molar-refractivity contribution in [3.63, 3.8) is 0 Å². The molecule has 0 aliphatic carbocycles. The summed E-state index contributed by atoms with van der Waals surface area (Å²) < 4.78 is 32.2. The second kappa shape index (κ2) is 48.7. The van der Waals surface area contributed by atoms with Gasteiger partial charge in [-0.25, -0.2) is 0 Å². The van der Waals surface area contributed by atoms with Crippen molar-refractivity contribution in [3.05, 3.63) is 95.1 Å². The first kappa shape index (κ1) is 96.6.